The van der Waals surface area contributed by atoms with Gasteiger partial charge in [-0.05, 0) is 44.4 Å². The Morgan fingerprint density at radius 3 is 2.91 bits per heavy atom. The van der Waals surface area contributed by atoms with E-state index in [1.165, 1.54) is 0 Å². The number of nitrogens with one attached hydrogen (secondary N) is 1. The molecule has 0 spiro atoms. The minimum atomic E-state index is -0.136. The van der Waals surface area contributed by atoms with Crippen molar-refractivity contribution in [3.8, 4) is 0 Å². The molecule has 2 heterocycles. The Morgan fingerprint density at radius 1 is 1.41 bits per heavy atom. The summed E-state index contributed by atoms with van der Waals surface area (Å²) in [6.07, 6.45) is 1.85. The Labute approximate surface area is 134 Å². The third kappa shape index (κ3) is 2.95. The van der Waals surface area contributed by atoms with Gasteiger partial charge < -0.3 is 14.7 Å². The third-order valence-corrected chi connectivity index (χ3v) is 4.33. The Morgan fingerprint density at radius 2 is 2.23 bits per heavy atom. The van der Waals surface area contributed by atoms with Crippen LogP contribution in [0, 0.1) is 13.8 Å². The second kappa shape index (κ2) is 6.01. The van der Waals surface area contributed by atoms with Crippen LogP contribution in [0.4, 0.5) is 10.5 Å². The third-order valence-electron chi connectivity index (χ3n) is 3.92. The number of carbonyl (C=O) groups excluding carboxylic acids is 1. The summed E-state index contributed by atoms with van der Waals surface area (Å²) in [6.45, 7) is 4.49. The zero-order valence-electron chi connectivity index (χ0n) is 12.6. The second-order valence-electron chi connectivity index (χ2n) is 5.61. The van der Waals surface area contributed by atoms with Gasteiger partial charge in [-0.25, -0.2) is 4.79 Å². The highest BCUT2D eigenvalue weighted by Gasteiger charge is 2.32. The number of anilines is 1. The molecule has 6 heteroatoms. The van der Waals surface area contributed by atoms with Gasteiger partial charge in [0.25, 0.3) is 0 Å². The topological polar surface area (TPSA) is 58.4 Å². The van der Waals surface area contributed by atoms with E-state index in [0.717, 1.165) is 29.9 Å². The molecule has 1 N–H and O–H groups in total. The first-order valence-corrected chi connectivity index (χ1v) is 7.69. The summed E-state index contributed by atoms with van der Waals surface area (Å²) in [5.41, 5.74) is 2.49. The van der Waals surface area contributed by atoms with Crippen molar-refractivity contribution in [2.24, 2.45) is 0 Å². The molecule has 5 nitrogen and oxygen atoms in total. The van der Waals surface area contributed by atoms with E-state index in [1.54, 1.807) is 11.0 Å². The first kappa shape index (κ1) is 14.9. The summed E-state index contributed by atoms with van der Waals surface area (Å²) in [5, 5.41) is 7.59. The summed E-state index contributed by atoms with van der Waals surface area (Å²) in [4.78, 5) is 14.3. The summed E-state index contributed by atoms with van der Waals surface area (Å²) in [5.74, 6) is 0.757. The average molecular weight is 320 g/mol. The maximum Gasteiger partial charge on any atom is 0.322 e. The number of rotatable bonds is 2. The molecule has 1 aromatic heterocycles. The number of carbonyl (C=O) groups is 1. The number of benzene rings is 1. The lowest BCUT2D eigenvalue weighted by atomic mass is 10.1. The number of likely N-dealkylation sites (tertiary alicyclic amines) is 1. The number of hydrogen-bond acceptors (Lipinski definition) is 3. The van der Waals surface area contributed by atoms with Gasteiger partial charge in [-0.15, -0.1) is 0 Å². The molecule has 1 aliphatic rings. The largest absolute Gasteiger partial charge is 0.361 e. The van der Waals surface area contributed by atoms with E-state index in [-0.39, 0.29) is 12.1 Å². The van der Waals surface area contributed by atoms with Crippen molar-refractivity contribution >= 4 is 23.3 Å². The smallest absolute Gasteiger partial charge is 0.322 e. The Balaban J connectivity index is 1.74. The minimum absolute atomic E-state index is 0.0293. The predicted octanol–water partition coefficient (Wildman–Crippen LogP) is 4.31. The van der Waals surface area contributed by atoms with Gasteiger partial charge in [-0.1, -0.05) is 22.8 Å². The standard InChI is InChI=1S/C16H18ClN3O2/c1-10-5-6-12(9-13(10)17)18-16(21)20-7-3-4-15(20)14-8-11(2)22-19-14/h5-6,8-9,15H,3-4,7H2,1-2H3,(H,18,21)/t15-/m1/s1. The zero-order chi connectivity index (χ0) is 15.7. The monoisotopic (exact) mass is 319 g/mol. The van der Waals surface area contributed by atoms with E-state index < -0.39 is 0 Å². The number of hydrogen-bond donors (Lipinski definition) is 1. The molecular weight excluding hydrogens is 302 g/mol. The van der Waals surface area contributed by atoms with Gasteiger partial charge in [0.2, 0.25) is 0 Å². The lowest BCUT2D eigenvalue weighted by molar-refractivity contribution is 0.204. The van der Waals surface area contributed by atoms with Gasteiger partial charge in [0.1, 0.15) is 11.5 Å². The Bertz CT molecular complexity index is 698. The Hall–Kier alpha value is -2.01. The molecular formula is C16H18ClN3O2. The average Bonchev–Trinajstić information content (AvgIpc) is 3.11. The normalized spacial score (nSPS) is 17.8. The molecule has 2 amide bonds. The Kier molecular flexibility index (Phi) is 4.07. The van der Waals surface area contributed by atoms with Crippen LogP contribution in [-0.4, -0.2) is 22.6 Å². The molecule has 3 rings (SSSR count). The molecule has 22 heavy (non-hydrogen) atoms. The van der Waals surface area contributed by atoms with Crippen molar-refractivity contribution in [1.82, 2.24) is 10.1 Å². The van der Waals surface area contributed by atoms with Crippen LogP contribution in [0.3, 0.4) is 0 Å². The second-order valence-corrected chi connectivity index (χ2v) is 6.02. The fourth-order valence-corrected chi connectivity index (χ4v) is 2.91. The molecule has 1 atom stereocenters. The number of halogens is 1. The van der Waals surface area contributed by atoms with Gasteiger partial charge in [-0.3, -0.25) is 0 Å². The van der Waals surface area contributed by atoms with Crippen LogP contribution in [0.5, 0.6) is 0 Å². The number of urea groups is 1. The minimum Gasteiger partial charge on any atom is -0.361 e. The lowest BCUT2D eigenvalue weighted by Gasteiger charge is -2.23. The summed E-state index contributed by atoms with van der Waals surface area (Å²) < 4.78 is 5.13. The molecule has 1 saturated heterocycles. The van der Waals surface area contributed by atoms with Crippen molar-refractivity contribution in [2.75, 3.05) is 11.9 Å². The maximum absolute atomic E-state index is 12.5. The van der Waals surface area contributed by atoms with Crippen LogP contribution in [0.25, 0.3) is 0 Å². The van der Waals surface area contributed by atoms with Gasteiger partial charge in [-0.2, -0.15) is 0 Å². The van der Waals surface area contributed by atoms with Crippen molar-refractivity contribution in [3.05, 3.63) is 46.3 Å². The highest BCUT2D eigenvalue weighted by Crippen LogP contribution is 2.32. The van der Waals surface area contributed by atoms with E-state index in [1.807, 2.05) is 32.0 Å². The summed E-state index contributed by atoms with van der Waals surface area (Å²) in [7, 11) is 0. The maximum atomic E-state index is 12.5. The molecule has 2 aromatic rings. The number of aryl methyl sites for hydroxylation is 2. The lowest BCUT2D eigenvalue weighted by Crippen LogP contribution is -2.34. The zero-order valence-corrected chi connectivity index (χ0v) is 13.4. The quantitative estimate of drug-likeness (QED) is 0.897. The fraction of sp³-hybridized carbons (Fsp3) is 0.375. The number of nitrogens with zero attached hydrogens (tertiary/aromatic N) is 2. The van der Waals surface area contributed by atoms with Gasteiger partial charge in [0, 0.05) is 23.3 Å². The van der Waals surface area contributed by atoms with E-state index in [0.29, 0.717) is 17.3 Å². The number of amides is 2. The number of aromatic nitrogens is 1. The molecule has 1 aromatic carbocycles. The summed E-state index contributed by atoms with van der Waals surface area (Å²) in [6, 6.07) is 7.23. The van der Waals surface area contributed by atoms with Gasteiger partial charge in [0.05, 0.1) is 6.04 Å². The fourth-order valence-electron chi connectivity index (χ4n) is 2.73. The molecule has 1 aliphatic heterocycles. The van der Waals surface area contributed by atoms with E-state index in [4.69, 9.17) is 16.1 Å². The first-order chi connectivity index (χ1) is 10.5. The van der Waals surface area contributed by atoms with Crippen LogP contribution in [0.15, 0.2) is 28.8 Å². The van der Waals surface area contributed by atoms with Crippen LogP contribution in [-0.2, 0) is 0 Å². The predicted molar refractivity (Wildman–Crippen MR) is 85.1 cm³/mol. The van der Waals surface area contributed by atoms with Gasteiger partial charge >= 0.3 is 6.03 Å². The van der Waals surface area contributed by atoms with Crippen LogP contribution in [0.1, 0.15) is 35.9 Å². The van der Waals surface area contributed by atoms with Crippen molar-refractivity contribution in [1.29, 1.82) is 0 Å². The summed E-state index contributed by atoms with van der Waals surface area (Å²) >= 11 is 6.10. The molecule has 0 radical (unpaired) electrons. The molecule has 0 unspecified atom stereocenters. The van der Waals surface area contributed by atoms with E-state index in [9.17, 15) is 4.79 Å². The highest BCUT2D eigenvalue weighted by atomic mass is 35.5. The van der Waals surface area contributed by atoms with Crippen molar-refractivity contribution in [2.45, 2.75) is 32.7 Å². The molecule has 116 valence electrons. The molecule has 0 aliphatic carbocycles. The van der Waals surface area contributed by atoms with E-state index >= 15 is 0 Å². The molecule has 1 fully saturated rings. The van der Waals surface area contributed by atoms with Gasteiger partial charge in [0.15, 0.2) is 0 Å². The molecule has 0 saturated carbocycles. The van der Waals surface area contributed by atoms with Crippen LogP contribution < -0.4 is 5.32 Å². The first-order valence-electron chi connectivity index (χ1n) is 7.31. The van der Waals surface area contributed by atoms with Crippen molar-refractivity contribution < 1.29 is 9.32 Å². The molecule has 0 bridgehead atoms. The SMILES string of the molecule is Cc1cc([C@H]2CCCN2C(=O)Nc2ccc(C)c(Cl)c2)no1. The highest BCUT2D eigenvalue weighted by molar-refractivity contribution is 6.31. The van der Waals surface area contributed by atoms with Crippen LogP contribution in [0.2, 0.25) is 5.02 Å². The van der Waals surface area contributed by atoms with E-state index in [2.05, 4.69) is 10.5 Å². The van der Waals surface area contributed by atoms with Crippen LogP contribution >= 0.6 is 11.6 Å². The van der Waals surface area contributed by atoms with Crippen molar-refractivity contribution in [3.63, 3.8) is 0 Å².